The van der Waals surface area contributed by atoms with Gasteiger partial charge in [0.2, 0.25) is 11.0 Å². The highest BCUT2D eigenvalue weighted by atomic mass is 32.2. The number of carbonyl (C=O) groups is 2. The lowest BCUT2D eigenvalue weighted by Gasteiger charge is -2.06. The monoisotopic (exact) mass is 454 g/mol. The number of hydrogen-bond donors (Lipinski definition) is 2. The molecule has 1 aromatic heterocycles. The molecule has 2 aromatic carbocycles. The first-order valence-electron chi connectivity index (χ1n) is 10.2. The number of carbonyl (C=O) groups excluding carboxylic acids is 2. The molecule has 0 atom stereocenters. The van der Waals surface area contributed by atoms with E-state index in [1.807, 2.05) is 50.2 Å². The van der Waals surface area contributed by atoms with Crippen LogP contribution in [-0.4, -0.2) is 27.8 Å². The van der Waals surface area contributed by atoms with Gasteiger partial charge in [0.1, 0.15) is 0 Å². The maximum absolute atomic E-state index is 12.4. The van der Waals surface area contributed by atoms with Crippen LogP contribution in [0.25, 0.3) is 0 Å². The second kappa shape index (κ2) is 11.1. The van der Waals surface area contributed by atoms with Crippen LogP contribution in [0.15, 0.2) is 46.8 Å². The van der Waals surface area contributed by atoms with E-state index in [4.69, 9.17) is 0 Å². The molecule has 8 heteroatoms. The number of nitrogens with zero attached hydrogens (tertiary/aromatic N) is 2. The van der Waals surface area contributed by atoms with Crippen molar-refractivity contribution in [2.24, 2.45) is 0 Å². The number of anilines is 2. The molecular weight excluding hydrogens is 428 g/mol. The van der Waals surface area contributed by atoms with E-state index < -0.39 is 0 Å². The predicted octanol–water partition coefficient (Wildman–Crippen LogP) is 5.48. The van der Waals surface area contributed by atoms with Gasteiger partial charge in [-0.1, -0.05) is 54.6 Å². The SMILES string of the molecule is CCCCc1ccc(NC(=O)CSc2nnc(NC(=O)c3ccc(C)c(C)c3)s2)cc1. The van der Waals surface area contributed by atoms with Gasteiger partial charge in [-0.3, -0.25) is 14.9 Å². The van der Waals surface area contributed by atoms with E-state index >= 15 is 0 Å². The number of aryl methyl sites for hydroxylation is 3. The largest absolute Gasteiger partial charge is 0.325 e. The highest BCUT2D eigenvalue weighted by Crippen LogP contribution is 2.26. The summed E-state index contributed by atoms with van der Waals surface area (Å²) in [6.45, 7) is 6.15. The molecule has 0 fully saturated rings. The number of benzene rings is 2. The van der Waals surface area contributed by atoms with Crippen LogP contribution in [0.3, 0.4) is 0 Å². The van der Waals surface area contributed by atoms with Gasteiger partial charge in [-0.05, 0) is 67.6 Å². The molecule has 0 unspecified atom stereocenters. The summed E-state index contributed by atoms with van der Waals surface area (Å²) in [5, 5.41) is 14.1. The third kappa shape index (κ3) is 6.90. The number of aromatic nitrogens is 2. The van der Waals surface area contributed by atoms with Gasteiger partial charge in [0, 0.05) is 11.3 Å². The van der Waals surface area contributed by atoms with Crippen LogP contribution in [-0.2, 0) is 11.2 Å². The van der Waals surface area contributed by atoms with Crippen molar-refractivity contribution in [2.45, 2.75) is 44.4 Å². The van der Waals surface area contributed by atoms with Gasteiger partial charge >= 0.3 is 0 Å². The standard InChI is InChI=1S/C23H26N4O2S2/c1-4-5-6-17-8-11-19(12-9-17)24-20(28)14-30-23-27-26-22(31-23)25-21(29)18-10-7-15(2)16(3)13-18/h7-13H,4-6,14H2,1-3H3,(H,24,28)(H,25,26,29). The van der Waals surface area contributed by atoms with E-state index in [9.17, 15) is 9.59 Å². The highest BCUT2D eigenvalue weighted by Gasteiger charge is 2.12. The topological polar surface area (TPSA) is 84.0 Å². The van der Waals surface area contributed by atoms with Crippen molar-refractivity contribution in [3.63, 3.8) is 0 Å². The lowest BCUT2D eigenvalue weighted by molar-refractivity contribution is -0.113. The summed E-state index contributed by atoms with van der Waals surface area (Å²) in [6.07, 6.45) is 3.38. The molecule has 0 aliphatic heterocycles. The Bertz CT molecular complexity index is 1050. The van der Waals surface area contributed by atoms with Crippen LogP contribution < -0.4 is 10.6 Å². The van der Waals surface area contributed by atoms with Crippen molar-refractivity contribution < 1.29 is 9.59 Å². The molecular formula is C23H26N4O2S2. The van der Waals surface area contributed by atoms with Crippen molar-refractivity contribution >= 4 is 45.7 Å². The molecule has 6 nitrogen and oxygen atoms in total. The summed E-state index contributed by atoms with van der Waals surface area (Å²) in [7, 11) is 0. The fraction of sp³-hybridized carbons (Fsp3) is 0.304. The predicted molar refractivity (Wildman–Crippen MR) is 128 cm³/mol. The van der Waals surface area contributed by atoms with E-state index in [0.717, 1.165) is 29.7 Å². The molecule has 0 bridgehead atoms. The van der Waals surface area contributed by atoms with Gasteiger partial charge in [-0.15, -0.1) is 10.2 Å². The molecule has 0 saturated heterocycles. The average Bonchev–Trinajstić information content (AvgIpc) is 3.21. The molecule has 0 radical (unpaired) electrons. The minimum atomic E-state index is -0.226. The molecule has 31 heavy (non-hydrogen) atoms. The Kier molecular flexibility index (Phi) is 8.20. The fourth-order valence-corrected chi connectivity index (χ4v) is 4.38. The van der Waals surface area contributed by atoms with Gasteiger partial charge in [0.05, 0.1) is 5.75 Å². The molecule has 162 valence electrons. The molecule has 0 aliphatic rings. The summed E-state index contributed by atoms with van der Waals surface area (Å²) in [5.74, 6) is -0.115. The maximum atomic E-state index is 12.4. The van der Waals surface area contributed by atoms with Crippen LogP contribution in [0.2, 0.25) is 0 Å². The zero-order chi connectivity index (χ0) is 22.2. The normalized spacial score (nSPS) is 10.7. The Labute approximate surface area is 190 Å². The van der Waals surface area contributed by atoms with Gasteiger partial charge in [-0.25, -0.2) is 0 Å². The molecule has 3 aromatic rings. The molecule has 2 amide bonds. The summed E-state index contributed by atoms with van der Waals surface area (Å²) in [4.78, 5) is 24.6. The summed E-state index contributed by atoms with van der Waals surface area (Å²) in [5.41, 5.74) is 4.83. The Morgan fingerprint density at radius 1 is 1.00 bits per heavy atom. The van der Waals surface area contributed by atoms with Crippen LogP contribution in [0.5, 0.6) is 0 Å². The zero-order valence-corrected chi connectivity index (χ0v) is 19.5. The molecule has 3 rings (SSSR count). The van der Waals surface area contributed by atoms with E-state index in [1.54, 1.807) is 6.07 Å². The third-order valence-corrected chi connectivity index (χ3v) is 6.75. The van der Waals surface area contributed by atoms with Crippen molar-refractivity contribution in [3.8, 4) is 0 Å². The maximum Gasteiger partial charge on any atom is 0.257 e. The first-order chi connectivity index (χ1) is 14.9. The number of hydrogen-bond acceptors (Lipinski definition) is 6. The van der Waals surface area contributed by atoms with E-state index in [-0.39, 0.29) is 17.6 Å². The zero-order valence-electron chi connectivity index (χ0n) is 17.9. The Hall–Kier alpha value is -2.71. The minimum Gasteiger partial charge on any atom is -0.325 e. The summed E-state index contributed by atoms with van der Waals surface area (Å²) in [6, 6.07) is 13.5. The lowest BCUT2D eigenvalue weighted by atomic mass is 10.1. The first-order valence-corrected chi connectivity index (χ1v) is 12.0. The van der Waals surface area contributed by atoms with E-state index in [0.29, 0.717) is 15.0 Å². The van der Waals surface area contributed by atoms with E-state index in [2.05, 4.69) is 27.8 Å². The van der Waals surface area contributed by atoms with Crippen LogP contribution in [0.4, 0.5) is 10.8 Å². The van der Waals surface area contributed by atoms with Crippen LogP contribution in [0.1, 0.15) is 46.8 Å². The molecule has 2 N–H and O–H groups in total. The van der Waals surface area contributed by atoms with Gasteiger partial charge in [0.15, 0.2) is 4.34 Å². The Morgan fingerprint density at radius 3 is 2.48 bits per heavy atom. The minimum absolute atomic E-state index is 0.109. The van der Waals surface area contributed by atoms with Gasteiger partial charge in [-0.2, -0.15) is 0 Å². The van der Waals surface area contributed by atoms with Crippen molar-refractivity contribution in [3.05, 3.63) is 64.7 Å². The first kappa shape index (κ1) is 23.0. The van der Waals surface area contributed by atoms with Gasteiger partial charge in [0.25, 0.3) is 5.91 Å². The summed E-state index contributed by atoms with van der Waals surface area (Å²) >= 11 is 2.54. The van der Waals surface area contributed by atoms with Crippen LogP contribution in [0, 0.1) is 13.8 Å². The number of rotatable bonds is 9. The second-order valence-electron chi connectivity index (χ2n) is 7.26. The fourth-order valence-electron chi connectivity index (χ4n) is 2.83. The average molecular weight is 455 g/mol. The van der Waals surface area contributed by atoms with Gasteiger partial charge < -0.3 is 5.32 Å². The Balaban J connectivity index is 1.47. The second-order valence-corrected chi connectivity index (χ2v) is 9.46. The Morgan fingerprint density at radius 2 is 1.77 bits per heavy atom. The molecule has 0 spiro atoms. The van der Waals surface area contributed by atoms with Crippen molar-refractivity contribution in [1.82, 2.24) is 10.2 Å². The van der Waals surface area contributed by atoms with Crippen LogP contribution >= 0.6 is 23.1 Å². The molecule has 1 heterocycles. The summed E-state index contributed by atoms with van der Waals surface area (Å²) < 4.78 is 0.625. The van der Waals surface area contributed by atoms with E-state index in [1.165, 1.54) is 35.1 Å². The van der Waals surface area contributed by atoms with Crippen molar-refractivity contribution in [1.29, 1.82) is 0 Å². The number of unbranched alkanes of at least 4 members (excludes halogenated alkanes) is 1. The smallest absolute Gasteiger partial charge is 0.257 e. The quantitative estimate of drug-likeness (QED) is 0.330. The molecule has 0 aliphatic carbocycles. The van der Waals surface area contributed by atoms with Crippen molar-refractivity contribution in [2.75, 3.05) is 16.4 Å². The third-order valence-electron chi connectivity index (χ3n) is 4.78. The number of amides is 2. The molecule has 0 saturated carbocycles. The number of nitrogens with one attached hydrogen (secondary N) is 2. The lowest BCUT2D eigenvalue weighted by Crippen LogP contribution is -2.13. The highest BCUT2D eigenvalue weighted by molar-refractivity contribution is 8.01. The number of thioether (sulfide) groups is 1.